The third-order valence-electron chi connectivity index (χ3n) is 3.35. The largest absolute Gasteiger partial charge is 0.339 e. The molecule has 0 heterocycles. The molecule has 0 aliphatic carbocycles. The van der Waals surface area contributed by atoms with E-state index < -0.39 is 5.91 Å². The van der Waals surface area contributed by atoms with Gasteiger partial charge < -0.3 is 4.90 Å². The Morgan fingerprint density at radius 2 is 1.48 bits per heavy atom. The number of rotatable bonds is 8. The van der Waals surface area contributed by atoms with Gasteiger partial charge in [0, 0.05) is 24.2 Å². The summed E-state index contributed by atoms with van der Waals surface area (Å²) in [6.07, 6.45) is 4.07. The first-order chi connectivity index (χ1) is 10.1. The van der Waals surface area contributed by atoms with Crippen LogP contribution in [0.25, 0.3) is 0 Å². The van der Waals surface area contributed by atoms with E-state index in [0.29, 0.717) is 11.1 Å². The fourth-order valence-corrected chi connectivity index (χ4v) is 2.02. The second-order valence-corrected chi connectivity index (χ2v) is 5.02. The quantitative estimate of drug-likeness (QED) is 0.572. The number of amides is 2. The van der Waals surface area contributed by atoms with Crippen LogP contribution >= 0.6 is 0 Å². The van der Waals surface area contributed by atoms with Crippen molar-refractivity contribution in [3.05, 3.63) is 35.4 Å². The number of nitrogens with zero attached hydrogens (tertiary/aromatic N) is 1. The van der Waals surface area contributed by atoms with E-state index in [1.807, 2.05) is 4.90 Å². The first kappa shape index (κ1) is 17.2. The molecule has 0 bridgehead atoms. The van der Waals surface area contributed by atoms with Gasteiger partial charge in [-0.3, -0.25) is 14.8 Å². The molecule has 0 unspecified atom stereocenters. The fourth-order valence-electron chi connectivity index (χ4n) is 2.02. The van der Waals surface area contributed by atoms with Crippen molar-refractivity contribution in [2.75, 3.05) is 13.1 Å². The van der Waals surface area contributed by atoms with Gasteiger partial charge in [-0.05, 0) is 37.1 Å². The van der Waals surface area contributed by atoms with Gasteiger partial charge in [0.15, 0.2) is 0 Å². The molecule has 0 aliphatic heterocycles. The van der Waals surface area contributed by atoms with Crippen molar-refractivity contribution in [2.45, 2.75) is 39.5 Å². The highest BCUT2D eigenvalue weighted by atomic mass is 16.5. The van der Waals surface area contributed by atoms with E-state index in [9.17, 15) is 9.59 Å². The second kappa shape index (κ2) is 9.13. The summed E-state index contributed by atoms with van der Waals surface area (Å²) >= 11 is 0. The maximum atomic E-state index is 12.5. The Kier molecular flexibility index (Phi) is 7.46. The molecule has 0 spiro atoms. The Labute approximate surface area is 125 Å². The van der Waals surface area contributed by atoms with Gasteiger partial charge >= 0.3 is 0 Å². The van der Waals surface area contributed by atoms with E-state index in [2.05, 4.69) is 13.8 Å². The molecule has 0 atom stereocenters. The molecular formula is C16H24N2O3. The average molecular weight is 292 g/mol. The van der Waals surface area contributed by atoms with E-state index in [1.165, 1.54) is 12.1 Å². The van der Waals surface area contributed by atoms with Gasteiger partial charge in [0.1, 0.15) is 0 Å². The summed E-state index contributed by atoms with van der Waals surface area (Å²) in [5.41, 5.74) is 2.46. The Bertz CT molecular complexity index is 449. The minimum Gasteiger partial charge on any atom is -0.339 e. The minimum atomic E-state index is -0.581. The van der Waals surface area contributed by atoms with Gasteiger partial charge in [-0.1, -0.05) is 26.7 Å². The van der Waals surface area contributed by atoms with Crippen LogP contribution < -0.4 is 5.48 Å². The number of carbonyl (C=O) groups is 2. The highest BCUT2D eigenvalue weighted by Crippen LogP contribution is 2.10. The van der Waals surface area contributed by atoms with Crippen molar-refractivity contribution in [1.82, 2.24) is 10.4 Å². The maximum absolute atomic E-state index is 12.5. The fraction of sp³-hybridized carbons (Fsp3) is 0.500. The Balaban J connectivity index is 2.79. The number of nitrogens with one attached hydrogen (secondary N) is 1. The third kappa shape index (κ3) is 5.19. The third-order valence-corrected chi connectivity index (χ3v) is 3.35. The first-order valence-corrected chi connectivity index (χ1v) is 7.47. The number of carbonyl (C=O) groups excluding carboxylic acids is 2. The number of benzene rings is 1. The number of hydrogen-bond donors (Lipinski definition) is 2. The van der Waals surface area contributed by atoms with Crippen LogP contribution in [0.3, 0.4) is 0 Å². The average Bonchev–Trinajstić information content (AvgIpc) is 2.54. The predicted octanol–water partition coefficient (Wildman–Crippen LogP) is 2.85. The van der Waals surface area contributed by atoms with E-state index in [0.717, 1.165) is 38.8 Å². The van der Waals surface area contributed by atoms with Gasteiger partial charge in [-0.2, -0.15) is 0 Å². The Hall–Kier alpha value is -1.88. The van der Waals surface area contributed by atoms with E-state index in [-0.39, 0.29) is 5.91 Å². The lowest BCUT2D eigenvalue weighted by molar-refractivity contribution is 0.0704. The van der Waals surface area contributed by atoms with Crippen molar-refractivity contribution < 1.29 is 14.8 Å². The Morgan fingerprint density at radius 3 is 1.90 bits per heavy atom. The zero-order valence-electron chi connectivity index (χ0n) is 12.8. The van der Waals surface area contributed by atoms with Crippen LogP contribution in [0.4, 0.5) is 0 Å². The van der Waals surface area contributed by atoms with Gasteiger partial charge in [-0.15, -0.1) is 0 Å². The molecule has 0 saturated carbocycles. The molecule has 5 heteroatoms. The van der Waals surface area contributed by atoms with E-state index in [1.54, 1.807) is 17.6 Å². The molecule has 5 nitrogen and oxygen atoms in total. The molecule has 1 aromatic rings. The number of hydroxylamine groups is 1. The zero-order chi connectivity index (χ0) is 15.7. The van der Waals surface area contributed by atoms with Crippen molar-refractivity contribution >= 4 is 11.8 Å². The topological polar surface area (TPSA) is 69.6 Å². The summed E-state index contributed by atoms with van der Waals surface area (Å²) in [4.78, 5) is 25.6. The molecule has 0 aromatic heterocycles. The lowest BCUT2D eigenvalue weighted by Crippen LogP contribution is -2.33. The SMILES string of the molecule is CCCCN(CCCC)C(=O)c1ccc(C(=O)NO)cc1. The molecule has 0 radical (unpaired) electrons. The molecule has 21 heavy (non-hydrogen) atoms. The summed E-state index contributed by atoms with van der Waals surface area (Å²) in [6, 6.07) is 6.32. The summed E-state index contributed by atoms with van der Waals surface area (Å²) < 4.78 is 0. The lowest BCUT2D eigenvalue weighted by atomic mass is 10.1. The molecule has 0 aliphatic rings. The first-order valence-electron chi connectivity index (χ1n) is 7.47. The summed E-state index contributed by atoms with van der Waals surface area (Å²) in [7, 11) is 0. The van der Waals surface area contributed by atoms with Gasteiger partial charge in [-0.25, -0.2) is 5.48 Å². The van der Waals surface area contributed by atoms with Crippen molar-refractivity contribution in [3.63, 3.8) is 0 Å². The van der Waals surface area contributed by atoms with E-state index in [4.69, 9.17) is 5.21 Å². The molecule has 0 fully saturated rings. The van der Waals surface area contributed by atoms with Crippen LogP contribution in [0.15, 0.2) is 24.3 Å². The zero-order valence-corrected chi connectivity index (χ0v) is 12.8. The van der Waals surface area contributed by atoms with Crippen LogP contribution in [0.2, 0.25) is 0 Å². The molecule has 2 amide bonds. The summed E-state index contributed by atoms with van der Waals surface area (Å²) in [5, 5.41) is 8.57. The summed E-state index contributed by atoms with van der Waals surface area (Å²) in [5.74, 6) is -0.587. The number of unbranched alkanes of at least 4 members (excludes halogenated alkanes) is 2. The monoisotopic (exact) mass is 292 g/mol. The summed E-state index contributed by atoms with van der Waals surface area (Å²) in [6.45, 7) is 5.72. The van der Waals surface area contributed by atoms with Crippen molar-refractivity contribution in [3.8, 4) is 0 Å². The van der Waals surface area contributed by atoms with Gasteiger partial charge in [0.25, 0.3) is 11.8 Å². The number of hydrogen-bond acceptors (Lipinski definition) is 3. The van der Waals surface area contributed by atoms with Gasteiger partial charge in [0.2, 0.25) is 0 Å². The van der Waals surface area contributed by atoms with Crippen LogP contribution in [-0.4, -0.2) is 35.0 Å². The highest BCUT2D eigenvalue weighted by Gasteiger charge is 2.15. The molecule has 1 rings (SSSR count). The van der Waals surface area contributed by atoms with E-state index >= 15 is 0 Å². The van der Waals surface area contributed by atoms with Crippen LogP contribution in [0.5, 0.6) is 0 Å². The van der Waals surface area contributed by atoms with Crippen LogP contribution in [-0.2, 0) is 0 Å². The molecule has 0 saturated heterocycles. The van der Waals surface area contributed by atoms with Crippen LogP contribution in [0, 0.1) is 0 Å². The molecule has 1 aromatic carbocycles. The van der Waals surface area contributed by atoms with Gasteiger partial charge in [0.05, 0.1) is 0 Å². The standard InChI is InChI=1S/C16H24N2O3/c1-3-5-11-18(12-6-4-2)16(20)14-9-7-13(8-10-14)15(19)17-21/h7-10,21H,3-6,11-12H2,1-2H3,(H,17,19). The molecular weight excluding hydrogens is 268 g/mol. The highest BCUT2D eigenvalue weighted by molar-refractivity contribution is 5.97. The van der Waals surface area contributed by atoms with Crippen molar-refractivity contribution in [1.29, 1.82) is 0 Å². The van der Waals surface area contributed by atoms with Crippen LogP contribution in [0.1, 0.15) is 60.2 Å². The predicted molar refractivity (Wildman–Crippen MR) is 81.4 cm³/mol. The molecule has 2 N–H and O–H groups in total. The molecule has 116 valence electrons. The maximum Gasteiger partial charge on any atom is 0.274 e. The second-order valence-electron chi connectivity index (χ2n) is 5.02. The smallest absolute Gasteiger partial charge is 0.274 e. The minimum absolute atomic E-state index is 0.00661. The Morgan fingerprint density at radius 1 is 1.00 bits per heavy atom. The lowest BCUT2D eigenvalue weighted by Gasteiger charge is -2.22. The normalized spacial score (nSPS) is 10.2. The van der Waals surface area contributed by atoms with Crippen molar-refractivity contribution in [2.24, 2.45) is 0 Å².